The van der Waals surface area contributed by atoms with E-state index >= 15 is 0 Å². The van der Waals surface area contributed by atoms with E-state index in [9.17, 15) is 0 Å². The first kappa shape index (κ1) is 5.96. The second kappa shape index (κ2) is 2.12. The number of hydrogen-bond acceptors (Lipinski definition) is 0. The zero-order chi connectivity index (χ0) is 6.97. The number of allylic oxidation sites excluding steroid dienone is 5. The highest BCUT2D eigenvalue weighted by molar-refractivity contribution is 5.26. The Kier molecular flexibility index (Phi) is 1.26. The summed E-state index contributed by atoms with van der Waals surface area (Å²) in [6.07, 6.45) is 11.4. The molecule has 0 heterocycles. The molecule has 0 saturated heterocycles. The van der Waals surface area contributed by atoms with Gasteiger partial charge in [0.15, 0.2) is 0 Å². The van der Waals surface area contributed by atoms with Crippen LogP contribution < -0.4 is 0 Å². The van der Waals surface area contributed by atoms with Crippen molar-refractivity contribution in [1.82, 2.24) is 0 Å². The molecule has 1 saturated carbocycles. The molecule has 0 radical (unpaired) electrons. The second-order valence-corrected chi connectivity index (χ2v) is 3.16. The van der Waals surface area contributed by atoms with Gasteiger partial charge >= 0.3 is 0 Å². The molecule has 0 aliphatic heterocycles. The first-order chi connectivity index (χ1) is 4.88. The Balaban J connectivity index is 2.27. The molecule has 1 fully saturated rings. The first-order valence-electron chi connectivity index (χ1n) is 3.90. The normalized spacial score (nSPS) is 36.6. The monoisotopic (exact) mass is 132 g/mol. The van der Waals surface area contributed by atoms with Crippen molar-refractivity contribution in [1.29, 1.82) is 0 Å². The lowest BCUT2D eigenvalue weighted by molar-refractivity contribution is 0.590. The fourth-order valence-electron chi connectivity index (χ4n) is 1.89. The van der Waals surface area contributed by atoms with Crippen LogP contribution in [0.2, 0.25) is 0 Å². The number of hydrogen-bond donors (Lipinski definition) is 0. The summed E-state index contributed by atoms with van der Waals surface area (Å²) in [6.45, 7) is 4.05. The zero-order valence-corrected chi connectivity index (χ0v) is 6.09. The fraction of sp³-hybridized carbons (Fsp3) is 0.400. The predicted octanol–water partition coefficient (Wildman–Crippen LogP) is 2.69. The highest BCUT2D eigenvalue weighted by Crippen LogP contribution is 2.38. The lowest BCUT2D eigenvalue weighted by atomic mass is 9.90. The lowest BCUT2D eigenvalue weighted by Crippen LogP contribution is -2.04. The summed E-state index contributed by atoms with van der Waals surface area (Å²) in [5.41, 5.74) is 1.42. The summed E-state index contributed by atoms with van der Waals surface area (Å²) in [6, 6.07) is 0. The summed E-state index contributed by atoms with van der Waals surface area (Å²) in [7, 11) is 0. The average molecular weight is 132 g/mol. The van der Waals surface area contributed by atoms with Gasteiger partial charge in [-0.3, -0.25) is 0 Å². The van der Waals surface area contributed by atoms with Crippen molar-refractivity contribution in [2.45, 2.75) is 12.8 Å². The molecular formula is C10H12. The Bertz CT molecular complexity index is 208. The minimum Gasteiger partial charge on any atom is -0.0992 e. The van der Waals surface area contributed by atoms with Gasteiger partial charge in [0.1, 0.15) is 0 Å². The Morgan fingerprint density at radius 1 is 1.30 bits per heavy atom. The summed E-state index contributed by atoms with van der Waals surface area (Å²) in [5.74, 6) is 1.45. The minimum absolute atomic E-state index is 0.671. The van der Waals surface area contributed by atoms with Crippen LogP contribution in [0, 0.1) is 11.8 Å². The molecular weight excluding hydrogens is 120 g/mol. The van der Waals surface area contributed by atoms with E-state index in [2.05, 4.69) is 30.9 Å². The van der Waals surface area contributed by atoms with Crippen LogP contribution in [-0.4, -0.2) is 0 Å². The molecule has 0 nitrogen and oxygen atoms in total. The van der Waals surface area contributed by atoms with Crippen LogP contribution in [0.4, 0.5) is 0 Å². The molecule has 0 aromatic rings. The van der Waals surface area contributed by atoms with Gasteiger partial charge in [0.25, 0.3) is 0 Å². The third-order valence-electron chi connectivity index (χ3n) is 2.52. The van der Waals surface area contributed by atoms with E-state index < -0.39 is 0 Å². The summed E-state index contributed by atoms with van der Waals surface area (Å²) in [5, 5.41) is 0. The lowest BCUT2D eigenvalue weighted by Gasteiger charge is -2.14. The topological polar surface area (TPSA) is 0 Å². The van der Waals surface area contributed by atoms with Crippen molar-refractivity contribution in [2.75, 3.05) is 0 Å². The largest absolute Gasteiger partial charge is 0.0992 e. The van der Waals surface area contributed by atoms with Gasteiger partial charge in [-0.1, -0.05) is 36.5 Å². The van der Waals surface area contributed by atoms with Gasteiger partial charge in [-0.25, -0.2) is 0 Å². The molecule has 0 bridgehead atoms. The van der Waals surface area contributed by atoms with E-state index in [1.807, 2.05) is 0 Å². The van der Waals surface area contributed by atoms with Crippen molar-refractivity contribution in [3.8, 4) is 0 Å². The first-order valence-corrected chi connectivity index (χ1v) is 3.90. The Hall–Kier alpha value is -0.780. The smallest absolute Gasteiger partial charge is 0.00402 e. The predicted molar refractivity (Wildman–Crippen MR) is 43.6 cm³/mol. The van der Waals surface area contributed by atoms with E-state index in [0.717, 1.165) is 5.92 Å². The average Bonchev–Trinajstić information content (AvgIpc) is 2.34. The molecule has 2 aliphatic rings. The van der Waals surface area contributed by atoms with Crippen LogP contribution in [0.25, 0.3) is 0 Å². The van der Waals surface area contributed by atoms with Crippen molar-refractivity contribution in [3.05, 3.63) is 36.5 Å². The molecule has 2 rings (SSSR count). The van der Waals surface area contributed by atoms with Gasteiger partial charge in [-0.2, -0.15) is 0 Å². The van der Waals surface area contributed by atoms with Crippen LogP contribution in [0.15, 0.2) is 36.5 Å². The van der Waals surface area contributed by atoms with Crippen molar-refractivity contribution in [2.24, 2.45) is 11.8 Å². The third kappa shape index (κ3) is 0.756. The standard InChI is InChI=1S/C10H12/c1-8-6-7-9-4-2-3-5-10(8)9/h2-5,9-10H,1,6-7H2. The molecule has 2 unspecified atom stereocenters. The molecule has 52 valence electrons. The highest BCUT2D eigenvalue weighted by Gasteiger charge is 2.26. The van der Waals surface area contributed by atoms with Crippen LogP contribution in [0.3, 0.4) is 0 Å². The zero-order valence-electron chi connectivity index (χ0n) is 6.09. The molecule has 0 N–H and O–H groups in total. The van der Waals surface area contributed by atoms with Crippen molar-refractivity contribution < 1.29 is 0 Å². The molecule has 0 aromatic heterocycles. The maximum atomic E-state index is 4.05. The van der Waals surface area contributed by atoms with Crippen LogP contribution in [0.1, 0.15) is 12.8 Å². The molecule has 10 heavy (non-hydrogen) atoms. The van der Waals surface area contributed by atoms with E-state index in [-0.39, 0.29) is 0 Å². The van der Waals surface area contributed by atoms with Gasteiger partial charge in [0, 0.05) is 5.92 Å². The van der Waals surface area contributed by atoms with Gasteiger partial charge in [-0.15, -0.1) is 0 Å². The van der Waals surface area contributed by atoms with Crippen LogP contribution in [0.5, 0.6) is 0 Å². The Morgan fingerprint density at radius 2 is 2.10 bits per heavy atom. The quantitative estimate of drug-likeness (QED) is 0.444. The van der Waals surface area contributed by atoms with Gasteiger partial charge in [0.05, 0.1) is 0 Å². The molecule has 0 heteroatoms. The molecule has 0 aromatic carbocycles. The van der Waals surface area contributed by atoms with Crippen LogP contribution in [-0.2, 0) is 0 Å². The minimum atomic E-state index is 0.671. The maximum Gasteiger partial charge on any atom is 0.00402 e. The molecule has 2 aliphatic carbocycles. The molecule has 0 amide bonds. The molecule has 0 spiro atoms. The highest BCUT2D eigenvalue weighted by atomic mass is 14.3. The third-order valence-corrected chi connectivity index (χ3v) is 2.52. The van der Waals surface area contributed by atoms with Crippen molar-refractivity contribution >= 4 is 0 Å². The summed E-state index contributed by atoms with van der Waals surface area (Å²) in [4.78, 5) is 0. The summed E-state index contributed by atoms with van der Waals surface area (Å²) < 4.78 is 0. The number of rotatable bonds is 0. The SMILES string of the molecule is C=C1CCC2C=CC=CC12. The van der Waals surface area contributed by atoms with Gasteiger partial charge < -0.3 is 0 Å². The maximum absolute atomic E-state index is 4.05. The van der Waals surface area contributed by atoms with E-state index in [0.29, 0.717) is 5.92 Å². The van der Waals surface area contributed by atoms with E-state index in [1.54, 1.807) is 0 Å². The van der Waals surface area contributed by atoms with E-state index in [1.165, 1.54) is 18.4 Å². The molecule has 2 atom stereocenters. The van der Waals surface area contributed by atoms with Gasteiger partial charge in [0.2, 0.25) is 0 Å². The number of fused-ring (bicyclic) bond motifs is 1. The summed E-state index contributed by atoms with van der Waals surface area (Å²) >= 11 is 0. The van der Waals surface area contributed by atoms with Crippen LogP contribution >= 0.6 is 0 Å². The Morgan fingerprint density at radius 3 is 2.90 bits per heavy atom. The fourth-order valence-corrected chi connectivity index (χ4v) is 1.89. The van der Waals surface area contributed by atoms with Crippen molar-refractivity contribution in [3.63, 3.8) is 0 Å². The van der Waals surface area contributed by atoms with E-state index in [4.69, 9.17) is 0 Å². The van der Waals surface area contributed by atoms with Gasteiger partial charge in [-0.05, 0) is 18.8 Å². The second-order valence-electron chi connectivity index (χ2n) is 3.16. The Labute approximate surface area is 61.9 Å².